The standard InChI is InChI=1S/C19H30ClNO/c1-2-3-4-5-6-7-8-9-10-11-12-15-18(22)19-17(20)14-13-16-21-19/h13-14,16H,2-12,15H2,1H3. The van der Waals surface area contributed by atoms with E-state index >= 15 is 0 Å². The molecular formula is C19H30ClNO. The Hall–Kier alpha value is -0.890. The number of carbonyl (C=O) groups excluding carboxylic acids is 1. The lowest BCUT2D eigenvalue weighted by molar-refractivity contribution is 0.0974. The summed E-state index contributed by atoms with van der Waals surface area (Å²) in [7, 11) is 0. The van der Waals surface area contributed by atoms with Crippen LogP contribution in [0, 0.1) is 0 Å². The van der Waals surface area contributed by atoms with Gasteiger partial charge in [0.1, 0.15) is 5.69 Å². The fraction of sp³-hybridized carbons (Fsp3) is 0.684. The second-order valence-corrected chi connectivity index (χ2v) is 6.45. The van der Waals surface area contributed by atoms with Crippen LogP contribution in [0.25, 0.3) is 0 Å². The normalized spacial score (nSPS) is 10.8. The molecule has 3 heteroatoms. The molecule has 1 aromatic rings. The SMILES string of the molecule is CCCCCCCCCCCCCC(=O)c1ncccc1Cl. The number of carbonyl (C=O) groups is 1. The fourth-order valence-corrected chi connectivity index (χ4v) is 2.89. The van der Waals surface area contributed by atoms with Crippen molar-refractivity contribution in [2.75, 3.05) is 0 Å². The Labute approximate surface area is 140 Å². The highest BCUT2D eigenvalue weighted by Crippen LogP contribution is 2.16. The molecule has 0 atom stereocenters. The molecular weight excluding hydrogens is 294 g/mol. The quantitative estimate of drug-likeness (QED) is 0.301. The third-order valence-corrected chi connectivity index (χ3v) is 4.33. The van der Waals surface area contributed by atoms with E-state index in [1.54, 1.807) is 18.3 Å². The zero-order valence-corrected chi connectivity index (χ0v) is 14.7. The van der Waals surface area contributed by atoms with Gasteiger partial charge in [-0.3, -0.25) is 9.78 Å². The van der Waals surface area contributed by atoms with Crippen LogP contribution in [0.5, 0.6) is 0 Å². The van der Waals surface area contributed by atoms with Crippen molar-refractivity contribution >= 4 is 17.4 Å². The monoisotopic (exact) mass is 323 g/mol. The maximum atomic E-state index is 12.0. The summed E-state index contributed by atoms with van der Waals surface area (Å²) in [5, 5.41) is 0.468. The van der Waals surface area contributed by atoms with Gasteiger partial charge in [-0.25, -0.2) is 0 Å². The Bertz CT molecular complexity index is 420. The molecule has 1 aromatic heterocycles. The van der Waals surface area contributed by atoms with Gasteiger partial charge in [0, 0.05) is 12.6 Å². The van der Waals surface area contributed by atoms with E-state index in [0.29, 0.717) is 17.1 Å². The lowest BCUT2D eigenvalue weighted by Gasteiger charge is -2.03. The van der Waals surface area contributed by atoms with E-state index in [1.807, 2.05) is 0 Å². The number of nitrogens with zero attached hydrogens (tertiary/aromatic N) is 1. The van der Waals surface area contributed by atoms with Crippen LogP contribution in [0.1, 0.15) is 94.5 Å². The average molecular weight is 324 g/mol. The molecule has 0 unspecified atom stereocenters. The Morgan fingerprint density at radius 3 is 2.05 bits per heavy atom. The molecule has 0 N–H and O–H groups in total. The molecule has 1 rings (SSSR count). The van der Waals surface area contributed by atoms with Crippen molar-refractivity contribution < 1.29 is 4.79 Å². The molecule has 0 amide bonds. The van der Waals surface area contributed by atoms with Crippen LogP contribution in [0.4, 0.5) is 0 Å². The molecule has 0 spiro atoms. The van der Waals surface area contributed by atoms with Crippen LogP contribution in [0.2, 0.25) is 5.02 Å². The van der Waals surface area contributed by atoms with Gasteiger partial charge >= 0.3 is 0 Å². The van der Waals surface area contributed by atoms with Gasteiger partial charge in [-0.05, 0) is 18.6 Å². The van der Waals surface area contributed by atoms with Crippen molar-refractivity contribution in [3.8, 4) is 0 Å². The molecule has 0 aliphatic rings. The number of ketones is 1. The summed E-state index contributed by atoms with van der Waals surface area (Å²) in [6, 6.07) is 3.48. The molecule has 0 saturated heterocycles. The Morgan fingerprint density at radius 1 is 0.955 bits per heavy atom. The van der Waals surface area contributed by atoms with Crippen LogP contribution in [-0.4, -0.2) is 10.8 Å². The van der Waals surface area contributed by atoms with Crippen molar-refractivity contribution in [1.29, 1.82) is 0 Å². The molecule has 0 aliphatic carbocycles. The zero-order valence-electron chi connectivity index (χ0n) is 14.0. The van der Waals surface area contributed by atoms with E-state index in [2.05, 4.69) is 11.9 Å². The summed E-state index contributed by atoms with van der Waals surface area (Å²) < 4.78 is 0. The number of hydrogen-bond acceptors (Lipinski definition) is 2. The molecule has 22 heavy (non-hydrogen) atoms. The third-order valence-electron chi connectivity index (χ3n) is 4.03. The van der Waals surface area contributed by atoms with Gasteiger partial charge in [-0.15, -0.1) is 0 Å². The number of aromatic nitrogens is 1. The van der Waals surface area contributed by atoms with Crippen molar-refractivity contribution in [3.05, 3.63) is 29.0 Å². The minimum atomic E-state index is 0.0709. The van der Waals surface area contributed by atoms with E-state index < -0.39 is 0 Å². The van der Waals surface area contributed by atoms with Gasteiger partial charge in [0.25, 0.3) is 0 Å². The van der Waals surface area contributed by atoms with Gasteiger partial charge in [0.05, 0.1) is 5.02 Å². The van der Waals surface area contributed by atoms with Gasteiger partial charge in [0.15, 0.2) is 5.78 Å². The van der Waals surface area contributed by atoms with Crippen LogP contribution in [-0.2, 0) is 0 Å². The number of Topliss-reactive ketones (excluding diaryl/α,β-unsaturated/α-hetero) is 1. The van der Waals surface area contributed by atoms with E-state index in [1.165, 1.54) is 57.8 Å². The number of pyridine rings is 1. The minimum absolute atomic E-state index is 0.0709. The van der Waals surface area contributed by atoms with E-state index in [0.717, 1.165) is 12.8 Å². The molecule has 0 fully saturated rings. The molecule has 0 radical (unpaired) electrons. The maximum Gasteiger partial charge on any atom is 0.182 e. The Balaban J connectivity index is 1.95. The van der Waals surface area contributed by atoms with Crippen molar-refractivity contribution in [3.63, 3.8) is 0 Å². The zero-order chi connectivity index (χ0) is 16.0. The number of unbranched alkanes of at least 4 members (excludes halogenated alkanes) is 10. The minimum Gasteiger partial charge on any atom is -0.292 e. The average Bonchev–Trinajstić information content (AvgIpc) is 2.53. The maximum absolute atomic E-state index is 12.0. The van der Waals surface area contributed by atoms with Gasteiger partial charge < -0.3 is 0 Å². The highest BCUT2D eigenvalue weighted by Gasteiger charge is 2.10. The Kier molecular flexibility index (Phi) is 11.0. The van der Waals surface area contributed by atoms with Gasteiger partial charge in [0.2, 0.25) is 0 Å². The predicted molar refractivity (Wildman–Crippen MR) is 94.7 cm³/mol. The first kappa shape index (κ1) is 19.2. The van der Waals surface area contributed by atoms with Crippen LogP contribution in [0.3, 0.4) is 0 Å². The largest absolute Gasteiger partial charge is 0.292 e. The summed E-state index contributed by atoms with van der Waals surface area (Å²) in [4.78, 5) is 16.0. The third kappa shape index (κ3) is 8.53. The lowest BCUT2D eigenvalue weighted by atomic mass is 10.0. The lowest BCUT2D eigenvalue weighted by Crippen LogP contribution is -2.02. The van der Waals surface area contributed by atoms with Crippen molar-refractivity contribution in [2.24, 2.45) is 0 Å². The van der Waals surface area contributed by atoms with Crippen molar-refractivity contribution in [1.82, 2.24) is 4.98 Å². The number of halogens is 1. The van der Waals surface area contributed by atoms with Crippen molar-refractivity contribution in [2.45, 2.75) is 84.0 Å². The van der Waals surface area contributed by atoms with E-state index in [-0.39, 0.29) is 5.78 Å². The highest BCUT2D eigenvalue weighted by atomic mass is 35.5. The number of hydrogen-bond donors (Lipinski definition) is 0. The van der Waals surface area contributed by atoms with Gasteiger partial charge in [-0.2, -0.15) is 0 Å². The van der Waals surface area contributed by atoms with Crippen LogP contribution in [0.15, 0.2) is 18.3 Å². The first-order chi connectivity index (χ1) is 10.8. The van der Waals surface area contributed by atoms with Crippen LogP contribution < -0.4 is 0 Å². The van der Waals surface area contributed by atoms with Gasteiger partial charge in [-0.1, -0.05) is 82.7 Å². The van der Waals surface area contributed by atoms with E-state index in [9.17, 15) is 4.79 Å². The second kappa shape index (κ2) is 12.6. The van der Waals surface area contributed by atoms with E-state index in [4.69, 9.17) is 11.6 Å². The Morgan fingerprint density at radius 2 is 1.50 bits per heavy atom. The molecule has 0 aliphatic heterocycles. The number of rotatable bonds is 13. The summed E-state index contributed by atoms with van der Waals surface area (Å²) in [5.74, 6) is 0.0709. The summed E-state index contributed by atoms with van der Waals surface area (Å²) >= 11 is 5.98. The molecule has 0 saturated carbocycles. The molecule has 2 nitrogen and oxygen atoms in total. The molecule has 0 aromatic carbocycles. The molecule has 0 bridgehead atoms. The highest BCUT2D eigenvalue weighted by molar-refractivity contribution is 6.33. The second-order valence-electron chi connectivity index (χ2n) is 6.04. The first-order valence-corrected chi connectivity index (χ1v) is 9.27. The summed E-state index contributed by atoms with van der Waals surface area (Å²) in [5.41, 5.74) is 0.427. The summed E-state index contributed by atoms with van der Waals surface area (Å²) in [6.45, 7) is 2.26. The first-order valence-electron chi connectivity index (χ1n) is 8.89. The smallest absolute Gasteiger partial charge is 0.182 e. The predicted octanol–water partition coefficient (Wildman–Crippen LogP) is 6.62. The molecule has 1 heterocycles. The van der Waals surface area contributed by atoms with Crippen LogP contribution >= 0.6 is 11.6 Å². The summed E-state index contributed by atoms with van der Waals surface area (Å²) in [6.07, 6.45) is 16.4. The topological polar surface area (TPSA) is 30.0 Å². The molecule has 124 valence electrons. The fourth-order valence-electron chi connectivity index (χ4n) is 2.66.